The maximum absolute atomic E-state index is 4.58. The van der Waals surface area contributed by atoms with Gasteiger partial charge in [-0.15, -0.1) is 0 Å². The minimum atomic E-state index is 0.612. The summed E-state index contributed by atoms with van der Waals surface area (Å²) in [5, 5.41) is 3.80. The highest BCUT2D eigenvalue weighted by Gasteiger charge is 2.23. The molecule has 20 heavy (non-hydrogen) atoms. The lowest BCUT2D eigenvalue weighted by atomic mass is 9.89. The molecule has 1 aromatic rings. The van der Waals surface area contributed by atoms with E-state index in [1.807, 2.05) is 6.20 Å². The molecule has 1 aliphatic carbocycles. The zero-order chi connectivity index (χ0) is 14.2. The number of aromatic nitrogens is 2. The second kappa shape index (κ2) is 8.46. The van der Waals surface area contributed by atoms with Gasteiger partial charge in [-0.1, -0.05) is 32.6 Å². The van der Waals surface area contributed by atoms with Gasteiger partial charge in [-0.05, 0) is 38.6 Å². The van der Waals surface area contributed by atoms with E-state index in [1.54, 1.807) is 0 Å². The van der Waals surface area contributed by atoms with Crippen molar-refractivity contribution in [2.75, 3.05) is 6.54 Å². The van der Waals surface area contributed by atoms with Crippen molar-refractivity contribution in [3.8, 4) is 0 Å². The number of aryl methyl sites for hydroxylation is 1. The summed E-state index contributed by atoms with van der Waals surface area (Å²) in [6.45, 7) is 6.62. The lowest BCUT2D eigenvalue weighted by molar-refractivity contribution is 0.311. The monoisotopic (exact) mass is 277 g/mol. The van der Waals surface area contributed by atoms with Crippen LogP contribution in [0.15, 0.2) is 12.4 Å². The topological polar surface area (TPSA) is 29.9 Å². The van der Waals surface area contributed by atoms with Crippen LogP contribution in [0.2, 0.25) is 0 Å². The molecule has 0 amide bonds. The number of hydrogen-bond acceptors (Lipinski definition) is 2. The van der Waals surface area contributed by atoms with Crippen LogP contribution in [-0.4, -0.2) is 22.1 Å². The Bertz CT molecular complexity index is 364. The molecule has 1 aliphatic rings. The Morgan fingerprint density at radius 3 is 2.65 bits per heavy atom. The molecule has 3 nitrogen and oxygen atoms in total. The summed E-state index contributed by atoms with van der Waals surface area (Å²) >= 11 is 0. The van der Waals surface area contributed by atoms with Crippen molar-refractivity contribution in [3.63, 3.8) is 0 Å². The number of hydrogen-bond donors (Lipinski definition) is 1. The highest BCUT2D eigenvalue weighted by Crippen LogP contribution is 2.27. The zero-order valence-electron chi connectivity index (χ0n) is 13.3. The van der Waals surface area contributed by atoms with Gasteiger partial charge in [-0.25, -0.2) is 4.98 Å². The molecule has 0 spiro atoms. The predicted molar refractivity (Wildman–Crippen MR) is 84.9 cm³/mol. The molecule has 1 aromatic heterocycles. The lowest BCUT2D eigenvalue weighted by Gasteiger charge is -2.27. The average Bonchev–Trinajstić information content (AvgIpc) is 2.74. The first-order valence-electron chi connectivity index (χ1n) is 8.58. The van der Waals surface area contributed by atoms with E-state index >= 15 is 0 Å². The van der Waals surface area contributed by atoms with Gasteiger partial charge in [-0.2, -0.15) is 0 Å². The van der Waals surface area contributed by atoms with Crippen molar-refractivity contribution in [2.24, 2.45) is 5.92 Å². The fourth-order valence-corrected chi connectivity index (χ4v) is 3.46. The van der Waals surface area contributed by atoms with Gasteiger partial charge in [0.15, 0.2) is 0 Å². The Hall–Kier alpha value is -0.830. The standard InChI is InChI=1S/C17H31N3/c1-3-11-18-16(15-9-7-5-6-8-10-15)14-17-19-12-13-20(17)4-2/h12-13,15-16,18H,3-11,14H2,1-2H3. The largest absolute Gasteiger partial charge is 0.335 e. The van der Waals surface area contributed by atoms with Crippen LogP contribution in [0.3, 0.4) is 0 Å². The third kappa shape index (κ3) is 4.34. The van der Waals surface area contributed by atoms with Crippen LogP contribution >= 0.6 is 0 Å². The molecule has 0 radical (unpaired) electrons. The molecular formula is C17H31N3. The number of nitrogens with one attached hydrogen (secondary N) is 1. The maximum Gasteiger partial charge on any atom is 0.110 e. The van der Waals surface area contributed by atoms with Crippen molar-refractivity contribution < 1.29 is 0 Å². The van der Waals surface area contributed by atoms with Gasteiger partial charge in [0, 0.05) is 31.4 Å². The molecule has 0 saturated heterocycles. The molecule has 1 atom stereocenters. The highest BCUT2D eigenvalue weighted by molar-refractivity contribution is 4.97. The summed E-state index contributed by atoms with van der Waals surface area (Å²) in [7, 11) is 0. The van der Waals surface area contributed by atoms with E-state index in [2.05, 4.69) is 34.9 Å². The SMILES string of the molecule is CCCNC(Cc1nccn1CC)C1CCCCCC1. The van der Waals surface area contributed by atoms with Crippen LogP contribution in [0.25, 0.3) is 0 Å². The van der Waals surface area contributed by atoms with Crippen LogP contribution in [0.4, 0.5) is 0 Å². The fraction of sp³-hybridized carbons (Fsp3) is 0.824. The van der Waals surface area contributed by atoms with Crippen LogP contribution < -0.4 is 5.32 Å². The fourth-order valence-electron chi connectivity index (χ4n) is 3.46. The number of nitrogens with zero attached hydrogens (tertiary/aromatic N) is 2. The van der Waals surface area contributed by atoms with Crippen molar-refractivity contribution in [1.29, 1.82) is 0 Å². The van der Waals surface area contributed by atoms with E-state index in [4.69, 9.17) is 0 Å². The quantitative estimate of drug-likeness (QED) is 0.769. The predicted octanol–water partition coefficient (Wildman–Crippen LogP) is 3.78. The molecule has 1 N–H and O–H groups in total. The second-order valence-corrected chi connectivity index (χ2v) is 6.15. The van der Waals surface area contributed by atoms with Gasteiger partial charge in [0.2, 0.25) is 0 Å². The van der Waals surface area contributed by atoms with Crippen molar-refractivity contribution in [1.82, 2.24) is 14.9 Å². The van der Waals surface area contributed by atoms with Crippen molar-refractivity contribution >= 4 is 0 Å². The first kappa shape index (κ1) is 15.6. The van der Waals surface area contributed by atoms with Gasteiger partial charge in [-0.3, -0.25) is 0 Å². The molecule has 0 aliphatic heterocycles. The molecule has 1 saturated carbocycles. The van der Waals surface area contributed by atoms with Gasteiger partial charge in [0.05, 0.1) is 0 Å². The Morgan fingerprint density at radius 1 is 1.25 bits per heavy atom. The molecule has 1 heterocycles. The maximum atomic E-state index is 4.58. The summed E-state index contributed by atoms with van der Waals surface area (Å²) < 4.78 is 2.29. The van der Waals surface area contributed by atoms with E-state index in [0.717, 1.165) is 25.4 Å². The van der Waals surface area contributed by atoms with E-state index in [-0.39, 0.29) is 0 Å². The first-order chi connectivity index (χ1) is 9.85. The molecule has 0 aromatic carbocycles. The van der Waals surface area contributed by atoms with Gasteiger partial charge in [0.1, 0.15) is 5.82 Å². The number of rotatable bonds is 7. The molecule has 3 heteroatoms. The molecule has 114 valence electrons. The normalized spacial score (nSPS) is 18.9. The first-order valence-corrected chi connectivity index (χ1v) is 8.58. The molecular weight excluding hydrogens is 246 g/mol. The Morgan fingerprint density at radius 2 is 2.00 bits per heavy atom. The lowest BCUT2D eigenvalue weighted by Crippen LogP contribution is -2.39. The van der Waals surface area contributed by atoms with E-state index in [1.165, 1.54) is 50.8 Å². The Labute approximate surface area is 124 Å². The minimum Gasteiger partial charge on any atom is -0.335 e. The average molecular weight is 277 g/mol. The van der Waals surface area contributed by atoms with Crippen LogP contribution in [0.5, 0.6) is 0 Å². The summed E-state index contributed by atoms with van der Waals surface area (Å²) in [6.07, 6.45) is 14.8. The summed E-state index contributed by atoms with van der Waals surface area (Å²) in [4.78, 5) is 4.58. The van der Waals surface area contributed by atoms with Crippen LogP contribution in [-0.2, 0) is 13.0 Å². The number of imidazole rings is 1. The van der Waals surface area contributed by atoms with E-state index < -0.39 is 0 Å². The highest BCUT2D eigenvalue weighted by atomic mass is 15.1. The Balaban J connectivity index is 2.01. The van der Waals surface area contributed by atoms with E-state index in [0.29, 0.717) is 6.04 Å². The van der Waals surface area contributed by atoms with Crippen LogP contribution in [0, 0.1) is 5.92 Å². The zero-order valence-corrected chi connectivity index (χ0v) is 13.3. The second-order valence-electron chi connectivity index (χ2n) is 6.15. The summed E-state index contributed by atoms with van der Waals surface area (Å²) in [5.74, 6) is 2.09. The van der Waals surface area contributed by atoms with Crippen LogP contribution in [0.1, 0.15) is 64.6 Å². The van der Waals surface area contributed by atoms with Gasteiger partial charge in [0.25, 0.3) is 0 Å². The smallest absolute Gasteiger partial charge is 0.110 e. The minimum absolute atomic E-state index is 0.612. The Kier molecular flexibility index (Phi) is 6.58. The summed E-state index contributed by atoms with van der Waals surface area (Å²) in [6, 6.07) is 0.612. The van der Waals surface area contributed by atoms with Crippen molar-refractivity contribution in [3.05, 3.63) is 18.2 Å². The molecule has 1 unspecified atom stereocenters. The summed E-state index contributed by atoms with van der Waals surface area (Å²) in [5.41, 5.74) is 0. The molecule has 0 bridgehead atoms. The third-order valence-electron chi connectivity index (χ3n) is 4.67. The van der Waals surface area contributed by atoms with Gasteiger partial charge < -0.3 is 9.88 Å². The van der Waals surface area contributed by atoms with E-state index in [9.17, 15) is 0 Å². The third-order valence-corrected chi connectivity index (χ3v) is 4.67. The van der Waals surface area contributed by atoms with Gasteiger partial charge >= 0.3 is 0 Å². The molecule has 2 rings (SSSR count). The molecule has 1 fully saturated rings. The van der Waals surface area contributed by atoms with Crippen molar-refractivity contribution in [2.45, 2.75) is 77.8 Å².